The Balaban J connectivity index is 2.84. The first-order chi connectivity index (χ1) is 7.64. The lowest BCUT2D eigenvalue weighted by Gasteiger charge is -2.35. The third-order valence-corrected chi connectivity index (χ3v) is 6.30. The highest BCUT2D eigenvalue weighted by atomic mass is 32.3. The van der Waals surface area contributed by atoms with E-state index in [0.717, 1.165) is 10.6 Å². The van der Waals surface area contributed by atoms with E-state index < -0.39 is 24.9 Å². The van der Waals surface area contributed by atoms with E-state index in [2.05, 4.69) is 0 Å². The number of sulfone groups is 1. The Morgan fingerprint density at radius 2 is 1.88 bits per heavy atom. The molecule has 0 amide bonds. The lowest BCUT2D eigenvalue weighted by Crippen LogP contribution is -2.52. The van der Waals surface area contributed by atoms with Gasteiger partial charge in [0.2, 0.25) is 10.0 Å². The summed E-state index contributed by atoms with van der Waals surface area (Å²) in [5.74, 6) is 0. The van der Waals surface area contributed by atoms with Gasteiger partial charge in [-0.05, 0) is 6.92 Å². The van der Waals surface area contributed by atoms with E-state index in [4.69, 9.17) is 10.5 Å². The summed E-state index contributed by atoms with van der Waals surface area (Å²) in [7, 11) is -7.38. The molecular weight excluding hydrogens is 268 g/mol. The Bertz CT molecular complexity index is 458. The molecule has 102 valence electrons. The van der Waals surface area contributed by atoms with E-state index in [-0.39, 0.29) is 31.8 Å². The molecule has 0 aromatic carbocycles. The van der Waals surface area contributed by atoms with Gasteiger partial charge in [-0.15, -0.1) is 0 Å². The van der Waals surface area contributed by atoms with Crippen LogP contribution in [-0.2, 0) is 24.6 Å². The normalized spacial score (nSPS) is 28.2. The topological polar surface area (TPSA) is 107 Å². The molecule has 1 rings (SSSR count). The average Bonchev–Trinajstić information content (AvgIpc) is 2.13. The van der Waals surface area contributed by atoms with Crippen LogP contribution in [0.4, 0.5) is 0 Å². The van der Waals surface area contributed by atoms with Crippen LogP contribution < -0.4 is 5.73 Å². The van der Waals surface area contributed by atoms with Gasteiger partial charge in [0.05, 0.1) is 12.2 Å². The molecule has 1 saturated heterocycles. The zero-order valence-electron chi connectivity index (χ0n) is 9.87. The summed E-state index contributed by atoms with van der Waals surface area (Å²) in [4.78, 5) is 0. The molecule has 7 nitrogen and oxygen atoms in total. The number of ether oxygens (including phenoxy) is 1. The maximum absolute atomic E-state index is 11.9. The van der Waals surface area contributed by atoms with Crippen LogP contribution in [0.2, 0.25) is 0 Å². The van der Waals surface area contributed by atoms with Crippen LogP contribution in [0.25, 0.3) is 0 Å². The third kappa shape index (κ3) is 4.51. The number of rotatable bonds is 4. The summed E-state index contributed by atoms with van der Waals surface area (Å²) in [5.41, 5.74) is 5.43. The van der Waals surface area contributed by atoms with Gasteiger partial charge in [0, 0.05) is 25.9 Å². The van der Waals surface area contributed by atoms with Gasteiger partial charge in [0.1, 0.15) is 0 Å². The van der Waals surface area contributed by atoms with E-state index in [1.165, 1.54) is 0 Å². The molecule has 1 aliphatic heterocycles. The molecule has 0 aromatic rings. The summed E-state index contributed by atoms with van der Waals surface area (Å²) in [6.45, 7) is 2.20. The zero-order chi connectivity index (χ0) is 13.3. The molecule has 1 heterocycles. The molecule has 1 aliphatic rings. The molecule has 17 heavy (non-hydrogen) atoms. The highest BCUT2D eigenvalue weighted by Crippen LogP contribution is 2.15. The molecule has 2 unspecified atom stereocenters. The molecule has 2 atom stereocenters. The number of nitrogens with two attached hydrogens (primary N) is 1. The van der Waals surface area contributed by atoms with Gasteiger partial charge in [-0.2, -0.15) is 4.31 Å². The van der Waals surface area contributed by atoms with Crippen molar-refractivity contribution in [3.63, 3.8) is 0 Å². The highest BCUT2D eigenvalue weighted by molar-refractivity contribution is 8.06. The summed E-state index contributed by atoms with van der Waals surface area (Å²) in [6, 6.07) is 0. The van der Waals surface area contributed by atoms with Crippen molar-refractivity contribution in [3.05, 3.63) is 0 Å². The SMILES string of the molecule is CC1CN(S(=O)(=O)CS(C)(=O)=O)CC(CN)O1. The van der Waals surface area contributed by atoms with E-state index >= 15 is 0 Å². The van der Waals surface area contributed by atoms with E-state index in [1.807, 2.05) is 0 Å². The predicted octanol–water partition coefficient (Wildman–Crippen LogP) is -1.63. The van der Waals surface area contributed by atoms with Crippen molar-refractivity contribution in [1.29, 1.82) is 0 Å². The predicted molar refractivity (Wildman–Crippen MR) is 63.6 cm³/mol. The van der Waals surface area contributed by atoms with Crippen molar-refractivity contribution in [3.8, 4) is 0 Å². The van der Waals surface area contributed by atoms with Crippen molar-refractivity contribution in [2.45, 2.75) is 19.1 Å². The first-order valence-corrected chi connectivity index (χ1v) is 8.82. The molecule has 0 aliphatic carbocycles. The van der Waals surface area contributed by atoms with Gasteiger partial charge in [-0.1, -0.05) is 0 Å². The molecule has 0 spiro atoms. The molecule has 0 radical (unpaired) electrons. The molecule has 0 aromatic heterocycles. The number of nitrogens with zero attached hydrogens (tertiary/aromatic N) is 1. The average molecular weight is 286 g/mol. The van der Waals surface area contributed by atoms with Crippen LogP contribution in [0, 0.1) is 0 Å². The first kappa shape index (κ1) is 14.8. The van der Waals surface area contributed by atoms with E-state index in [9.17, 15) is 16.8 Å². The lowest BCUT2D eigenvalue weighted by molar-refractivity contribution is -0.0485. The molecule has 2 N–H and O–H groups in total. The minimum Gasteiger partial charge on any atom is -0.371 e. The van der Waals surface area contributed by atoms with Crippen molar-refractivity contribution >= 4 is 19.9 Å². The van der Waals surface area contributed by atoms with Crippen LogP contribution in [0.1, 0.15) is 6.92 Å². The second-order valence-electron chi connectivity index (χ2n) is 4.28. The van der Waals surface area contributed by atoms with Crippen LogP contribution >= 0.6 is 0 Å². The summed E-state index contributed by atoms with van der Waals surface area (Å²) in [6.07, 6.45) is 0.231. The number of morpholine rings is 1. The van der Waals surface area contributed by atoms with Crippen LogP contribution in [0.15, 0.2) is 0 Å². The Hall–Kier alpha value is -0.220. The first-order valence-electron chi connectivity index (χ1n) is 5.15. The Labute approximate surface area is 102 Å². The van der Waals surface area contributed by atoms with Crippen molar-refractivity contribution in [1.82, 2.24) is 4.31 Å². The van der Waals surface area contributed by atoms with E-state index in [1.54, 1.807) is 6.92 Å². The monoisotopic (exact) mass is 286 g/mol. The number of hydrogen-bond acceptors (Lipinski definition) is 6. The summed E-state index contributed by atoms with van der Waals surface area (Å²) >= 11 is 0. The maximum Gasteiger partial charge on any atom is 0.228 e. The molecule has 0 bridgehead atoms. The van der Waals surface area contributed by atoms with Crippen molar-refractivity contribution in [2.75, 3.05) is 31.0 Å². The number of sulfonamides is 1. The van der Waals surface area contributed by atoms with Gasteiger partial charge in [0.25, 0.3) is 0 Å². The van der Waals surface area contributed by atoms with Crippen LogP contribution in [0.5, 0.6) is 0 Å². The Kier molecular flexibility index (Phi) is 4.53. The zero-order valence-corrected chi connectivity index (χ0v) is 11.5. The van der Waals surface area contributed by atoms with Crippen molar-refractivity contribution in [2.24, 2.45) is 5.73 Å². The second kappa shape index (κ2) is 5.19. The fourth-order valence-corrected chi connectivity index (χ4v) is 5.30. The van der Waals surface area contributed by atoms with Crippen molar-refractivity contribution < 1.29 is 21.6 Å². The standard InChI is InChI=1S/C8H18N2O5S2/c1-7-4-10(5-8(3-9)15-7)17(13,14)6-16(2,11)12/h7-8H,3-6,9H2,1-2H3. The fourth-order valence-electron chi connectivity index (χ4n) is 1.71. The van der Waals surface area contributed by atoms with Gasteiger partial charge in [0.15, 0.2) is 14.9 Å². The molecular formula is C8H18N2O5S2. The maximum atomic E-state index is 11.9. The largest absolute Gasteiger partial charge is 0.371 e. The quantitative estimate of drug-likeness (QED) is 0.664. The smallest absolute Gasteiger partial charge is 0.228 e. The van der Waals surface area contributed by atoms with Gasteiger partial charge in [-0.3, -0.25) is 0 Å². The van der Waals surface area contributed by atoms with Crippen LogP contribution in [-0.4, -0.2) is 64.3 Å². The van der Waals surface area contributed by atoms with Gasteiger partial charge < -0.3 is 10.5 Å². The second-order valence-corrected chi connectivity index (χ2v) is 8.75. The highest BCUT2D eigenvalue weighted by Gasteiger charge is 2.34. The number of hydrogen-bond donors (Lipinski definition) is 1. The minimum atomic E-state index is -3.81. The third-order valence-electron chi connectivity index (χ3n) is 2.31. The van der Waals surface area contributed by atoms with Gasteiger partial charge >= 0.3 is 0 Å². The molecule has 9 heteroatoms. The lowest BCUT2D eigenvalue weighted by atomic mass is 10.2. The fraction of sp³-hybridized carbons (Fsp3) is 1.00. The Morgan fingerprint density at radius 1 is 1.29 bits per heavy atom. The summed E-state index contributed by atoms with van der Waals surface area (Å²) in [5, 5.41) is -0.871. The minimum absolute atomic E-state index is 0.110. The van der Waals surface area contributed by atoms with Crippen LogP contribution in [0.3, 0.4) is 0 Å². The molecule has 0 saturated carbocycles. The Morgan fingerprint density at radius 3 is 2.35 bits per heavy atom. The molecule has 1 fully saturated rings. The van der Waals surface area contributed by atoms with E-state index in [0.29, 0.717) is 0 Å². The van der Waals surface area contributed by atoms with Gasteiger partial charge in [-0.25, -0.2) is 16.8 Å². The summed E-state index contributed by atoms with van der Waals surface area (Å²) < 4.78 is 52.4.